The molecule has 0 fully saturated rings. The minimum Gasteiger partial charge on any atom is -0.460 e. The second-order valence-corrected chi connectivity index (χ2v) is 3.72. The van der Waals surface area contributed by atoms with E-state index >= 15 is 0 Å². The largest absolute Gasteiger partial charge is 0.460 e. The van der Waals surface area contributed by atoms with Gasteiger partial charge in [0.15, 0.2) is 0 Å². The van der Waals surface area contributed by atoms with Crippen molar-refractivity contribution in [2.24, 2.45) is 0 Å². The number of esters is 1. The van der Waals surface area contributed by atoms with Crippen LogP contribution in [0, 0.1) is 6.92 Å². The average molecular weight is 280 g/mol. The van der Waals surface area contributed by atoms with Crippen LogP contribution in [-0.2, 0) is 20.9 Å². The van der Waals surface area contributed by atoms with Crippen molar-refractivity contribution in [3.05, 3.63) is 35.4 Å². The lowest BCUT2D eigenvalue weighted by Crippen LogP contribution is -2.10. The Kier molecular flexibility index (Phi) is 14.2. The summed E-state index contributed by atoms with van der Waals surface area (Å²) in [5.41, 5.74) is 2.10. The molecule has 1 rings (SSSR count). The van der Waals surface area contributed by atoms with E-state index in [-0.39, 0.29) is 18.8 Å². The Morgan fingerprint density at radius 2 is 1.50 bits per heavy atom. The summed E-state index contributed by atoms with van der Waals surface area (Å²) < 4.78 is 4.98. The summed E-state index contributed by atoms with van der Waals surface area (Å²) in [5, 5.41) is 0. The zero-order valence-corrected chi connectivity index (χ0v) is 13.7. The molecule has 0 N–H and O–H groups in total. The second-order valence-electron chi connectivity index (χ2n) is 3.72. The number of hydrogen-bond donors (Lipinski definition) is 0. The first-order chi connectivity index (χ1) is 9.61. The van der Waals surface area contributed by atoms with Gasteiger partial charge in [0.25, 0.3) is 0 Å². The van der Waals surface area contributed by atoms with Crippen LogP contribution in [0.2, 0.25) is 0 Å². The summed E-state index contributed by atoms with van der Waals surface area (Å²) in [6, 6.07) is 7.73. The van der Waals surface area contributed by atoms with E-state index in [9.17, 15) is 9.59 Å². The third-order valence-corrected chi connectivity index (χ3v) is 2.26. The van der Waals surface area contributed by atoms with Crippen LogP contribution in [0.1, 0.15) is 58.6 Å². The van der Waals surface area contributed by atoms with Crippen LogP contribution >= 0.6 is 0 Å². The molecule has 20 heavy (non-hydrogen) atoms. The van der Waals surface area contributed by atoms with E-state index < -0.39 is 5.97 Å². The van der Waals surface area contributed by atoms with E-state index in [2.05, 4.69) is 0 Å². The Hall–Kier alpha value is -1.64. The van der Waals surface area contributed by atoms with Gasteiger partial charge in [0.2, 0.25) is 0 Å². The maximum Gasteiger partial charge on any atom is 0.313 e. The highest BCUT2D eigenvalue weighted by molar-refractivity contribution is 5.95. The molecule has 0 atom stereocenters. The molecule has 0 radical (unpaired) electrons. The van der Waals surface area contributed by atoms with Crippen molar-refractivity contribution in [3.63, 3.8) is 0 Å². The first-order valence-electron chi connectivity index (χ1n) is 7.34. The summed E-state index contributed by atoms with van der Waals surface area (Å²) in [6.45, 7) is 12.0. The Bertz CT molecular complexity index is 366. The number of benzene rings is 1. The van der Waals surface area contributed by atoms with Crippen LogP contribution in [0.5, 0.6) is 0 Å². The molecule has 1 aromatic carbocycles. The number of ether oxygens (including phenoxy) is 1. The van der Waals surface area contributed by atoms with E-state index in [1.165, 1.54) is 0 Å². The van der Waals surface area contributed by atoms with Gasteiger partial charge in [-0.15, -0.1) is 0 Å². The molecule has 0 unspecified atom stereocenters. The zero-order valence-electron chi connectivity index (χ0n) is 13.7. The Balaban J connectivity index is 0. The van der Waals surface area contributed by atoms with Crippen LogP contribution in [0.25, 0.3) is 0 Å². The Morgan fingerprint density at radius 1 is 1.00 bits per heavy atom. The van der Waals surface area contributed by atoms with Crippen molar-refractivity contribution in [2.45, 2.75) is 61.0 Å². The molecule has 0 spiro atoms. The highest BCUT2D eigenvalue weighted by Crippen LogP contribution is 2.05. The van der Waals surface area contributed by atoms with Crippen LogP contribution in [-0.4, -0.2) is 11.8 Å². The fraction of sp³-hybridized carbons (Fsp3) is 0.529. The summed E-state index contributed by atoms with van der Waals surface area (Å²) in [4.78, 5) is 22.2. The zero-order chi connectivity index (χ0) is 16.0. The van der Waals surface area contributed by atoms with Gasteiger partial charge in [0, 0.05) is 6.42 Å². The number of hydrogen-bond acceptors (Lipinski definition) is 3. The van der Waals surface area contributed by atoms with Crippen molar-refractivity contribution in [1.29, 1.82) is 0 Å². The molecule has 0 aliphatic heterocycles. The fourth-order valence-corrected chi connectivity index (χ4v) is 1.19. The van der Waals surface area contributed by atoms with E-state index in [1.807, 2.05) is 58.9 Å². The lowest BCUT2D eigenvalue weighted by molar-refractivity contribution is -0.147. The summed E-state index contributed by atoms with van der Waals surface area (Å²) >= 11 is 0. The third-order valence-electron chi connectivity index (χ3n) is 2.26. The number of rotatable bonds is 5. The average Bonchev–Trinajstić information content (AvgIpc) is 2.50. The monoisotopic (exact) mass is 280 g/mol. The molecule has 1 aromatic rings. The minimum absolute atomic E-state index is 0.0890. The van der Waals surface area contributed by atoms with Gasteiger partial charge in [-0.05, 0) is 12.5 Å². The van der Waals surface area contributed by atoms with Crippen LogP contribution in [0.4, 0.5) is 0 Å². The van der Waals surface area contributed by atoms with Gasteiger partial charge in [-0.2, -0.15) is 0 Å². The van der Waals surface area contributed by atoms with E-state index in [0.717, 1.165) is 11.1 Å². The van der Waals surface area contributed by atoms with Gasteiger partial charge in [-0.1, -0.05) is 64.4 Å². The standard InChI is InChI=1S/C13H16O3.2C2H6/c1-3-12(14)8-13(15)16-9-11-6-4-10(2)5-7-11;2*1-2/h4-7H,3,8-9H2,1-2H3;2*1-2H3. The number of Topliss-reactive ketones (excluding diaryl/α,β-unsaturated/α-hetero) is 1. The molecule has 0 aliphatic carbocycles. The van der Waals surface area contributed by atoms with Gasteiger partial charge in [-0.25, -0.2) is 0 Å². The molecular weight excluding hydrogens is 252 g/mol. The minimum atomic E-state index is -0.451. The molecule has 0 heterocycles. The molecule has 114 valence electrons. The maximum absolute atomic E-state index is 11.2. The summed E-state index contributed by atoms with van der Waals surface area (Å²) in [6.07, 6.45) is 0.252. The van der Waals surface area contributed by atoms with Gasteiger partial charge in [0.1, 0.15) is 18.8 Å². The first kappa shape index (κ1) is 20.7. The van der Waals surface area contributed by atoms with Crippen molar-refractivity contribution in [1.82, 2.24) is 0 Å². The molecule has 0 saturated heterocycles. The molecule has 0 amide bonds. The number of aryl methyl sites for hydroxylation is 1. The van der Waals surface area contributed by atoms with Gasteiger partial charge in [0.05, 0.1) is 0 Å². The van der Waals surface area contributed by atoms with Crippen molar-refractivity contribution in [2.75, 3.05) is 0 Å². The number of ketones is 1. The van der Waals surface area contributed by atoms with Gasteiger partial charge in [-0.3, -0.25) is 9.59 Å². The highest BCUT2D eigenvalue weighted by atomic mass is 16.5. The molecule has 0 aromatic heterocycles. The normalized spacial score (nSPS) is 8.50. The predicted octanol–water partition coefficient (Wildman–Crippen LogP) is 4.46. The topological polar surface area (TPSA) is 43.4 Å². The molecule has 3 nitrogen and oxygen atoms in total. The molecule has 0 bridgehead atoms. The molecule has 0 saturated carbocycles. The van der Waals surface area contributed by atoms with E-state index in [4.69, 9.17) is 4.74 Å². The first-order valence-corrected chi connectivity index (χ1v) is 7.34. The fourth-order valence-electron chi connectivity index (χ4n) is 1.19. The Morgan fingerprint density at radius 3 is 1.95 bits per heavy atom. The van der Waals surface area contributed by atoms with Gasteiger partial charge >= 0.3 is 5.97 Å². The quantitative estimate of drug-likeness (QED) is 0.591. The van der Waals surface area contributed by atoms with Gasteiger partial charge < -0.3 is 4.74 Å². The molecule has 0 aliphatic rings. The SMILES string of the molecule is CC.CC.CCC(=O)CC(=O)OCc1ccc(C)cc1. The van der Waals surface area contributed by atoms with E-state index in [1.54, 1.807) is 6.92 Å². The highest BCUT2D eigenvalue weighted by Gasteiger charge is 2.08. The van der Waals surface area contributed by atoms with Crippen molar-refractivity contribution < 1.29 is 14.3 Å². The molecular formula is C17H28O3. The predicted molar refractivity (Wildman–Crippen MR) is 83.6 cm³/mol. The van der Waals surface area contributed by atoms with E-state index in [0.29, 0.717) is 6.42 Å². The number of carbonyl (C=O) groups is 2. The second kappa shape index (κ2) is 13.8. The van der Waals surface area contributed by atoms with Crippen molar-refractivity contribution in [3.8, 4) is 0 Å². The summed E-state index contributed by atoms with van der Waals surface area (Å²) in [7, 11) is 0. The third kappa shape index (κ3) is 10.3. The van der Waals surface area contributed by atoms with Crippen molar-refractivity contribution >= 4 is 11.8 Å². The van der Waals surface area contributed by atoms with Crippen LogP contribution < -0.4 is 0 Å². The Labute approximate surface area is 123 Å². The summed E-state index contributed by atoms with van der Waals surface area (Å²) in [5.74, 6) is -0.540. The maximum atomic E-state index is 11.2. The van der Waals surface area contributed by atoms with Crippen LogP contribution in [0.15, 0.2) is 24.3 Å². The number of carbonyl (C=O) groups excluding carboxylic acids is 2. The lowest BCUT2D eigenvalue weighted by atomic mass is 10.2. The van der Waals surface area contributed by atoms with Crippen LogP contribution in [0.3, 0.4) is 0 Å². The lowest BCUT2D eigenvalue weighted by Gasteiger charge is -2.04. The smallest absolute Gasteiger partial charge is 0.313 e. The molecule has 3 heteroatoms.